The molecule has 4 rings (SSSR count). The number of benzene rings is 2. The molecule has 2 aromatic carbocycles. The van der Waals surface area contributed by atoms with Crippen molar-refractivity contribution in [1.82, 2.24) is 15.2 Å². The number of hydrogen-bond donors (Lipinski definition) is 2. The molecular weight excluding hydrogens is 419 g/mol. The molecular formula is C24H24F3N3O2. The normalized spacial score (nSPS) is 17.8. The zero-order valence-corrected chi connectivity index (χ0v) is 17.8. The maximum atomic E-state index is 14.4. The summed E-state index contributed by atoms with van der Waals surface area (Å²) in [6.45, 7) is 0. The summed E-state index contributed by atoms with van der Waals surface area (Å²) in [4.78, 5) is 28.3. The highest BCUT2D eigenvalue weighted by Gasteiger charge is 2.35. The molecule has 3 aromatic rings. The third-order valence-electron chi connectivity index (χ3n) is 5.97. The lowest BCUT2D eigenvalue weighted by Gasteiger charge is -2.36. The molecule has 168 valence electrons. The lowest BCUT2D eigenvalue weighted by molar-refractivity contribution is -0.131. The second-order valence-corrected chi connectivity index (χ2v) is 8.45. The van der Waals surface area contributed by atoms with Crippen LogP contribution in [0.3, 0.4) is 0 Å². The van der Waals surface area contributed by atoms with Crippen LogP contribution in [0.5, 0.6) is 0 Å². The Morgan fingerprint density at radius 3 is 2.38 bits per heavy atom. The van der Waals surface area contributed by atoms with Crippen molar-refractivity contribution in [3.63, 3.8) is 0 Å². The van der Waals surface area contributed by atoms with E-state index in [1.54, 1.807) is 26.2 Å². The number of carbonyl (C=O) groups excluding carboxylic acids is 2. The highest BCUT2D eigenvalue weighted by molar-refractivity contribution is 5.92. The van der Waals surface area contributed by atoms with E-state index in [9.17, 15) is 22.8 Å². The summed E-state index contributed by atoms with van der Waals surface area (Å²) in [6.07, 6.45) is 1.46. The van der Waals surface area contributed by atoms with Crippen molar-refractivity contribution in [1.29, 1.82) is 0 Å². The molecule has 0 unspecified atom stereocenters. The second kappa shape index (κ2) is 8.68. The van der Waals surface area contributed by atoms with Crippen molar-refractivity contribution in [2.45, 2.75) is 37.6 Å². The number of amides is 2. The summed E-state index contributed by atoms with van der Waals surface area (Å²) < 4.78 is 41.8. The number of H-pyrrole nitrogens is 1. The quantitative estimate of drug-likeness (QED) is 0.590. The van der Waals surface area contributed by atoms with Crippen molar-refractivity contribution < 1.29 is 22.8 Å². The Labute approximate surface area is 183 Å². The van der Waals surface area contributed by atoms with Gasteiger partial charge in [-0.25, -0.2) is 13.2 Å². The Balaban J connectivity index is 1.54. The van der Waals surface area contributed by atoms with Crippen LogP contribution in [0.15, 0.2) is 36.4 Å². The Bertz CT molecular complexity index is 1170. The van der Waals surface area contributed by atoms with Crippen molar-refractivity contribution in [3.8, 4) is 11.3 Å². The van der Waals surface area contributed by atoms with Crippen molar-refractivity contribution >= 4 is 22.7 Å². The van der Waals surface area contributed by atoms with Gasteiger partial charge in [0.1, 0.15) is 17.5 Å². The minimum atomic E-state index is -0.690. The number of nitrogens with one attached hydrogen (secondary N) is 2. The van der Waals surface area contributed by atoms with Gasteiger partial charge in [0, 0.05) is 44.4 Å². The molecule has 8 heteroatoms. The topological polar surface area (TPSA) is 65.2 Å². The van der Waals surface area contributed by atoms with Gasteiger partial charge in [-0.3, -0.25) is 9.59 Å². The largest absolute Gasteiger partial charge is 0.353 e. The monoisotopic (exact) mass is 443 g/mol. The Morgan fingerprint density at radius 2 is 1.72 bits per heavy atom. The van der Waals surface area contributed by atoms with E-state index in [0.29, 0.717) is 29.5 Å². The molecule has 0 spiro atoms. The van der Waals surface area contributed by atoms with Crippen LogP contribution < -0.4 is 5.32 Å². The lowest BCUT2D eigenvalue weighted by atomic mass is 9.74. The van der Waals surface area contributed by atoms with Crippen molar-refractivity contribution in [2.24, 2.45) is 0 Å². The molecule has 0 bridgehead atoms. The first-order valence-corrected chi connectivity index (χ1v) is 10.5. The van der Waals surface area contributed by atoms with Crippen LogP contribution in [-0.2, 0) is 9.59 Å². The lowest BCUT2D eigenvalue weighted by Crippen LogP contribution is -2.43. The van der Waals surface area contributed by atoms with E-state index in [4.69, 9.17) is 0 Å². The third kappa shape index (κ3) is 4.35. The van der Waals surface area contributed by atoms with Gasteiger partial charge in [-0.15, -0.1) is 0 Å². The first-order valence-electron chi connectivity index (χ1n) is 10.5. The Morgan fingerprint density at radius 1 is 1.03 bits per heavy atom. The van der Waals surface area contributed by atoms with E-state index < -0.39 is 11.6 Å². The van der Waals surface area contributed by atoms with Crippen LogP contribution in [0.1, 0.15) is 37.2 Å². The molecule has 2 N–H and O–H groups in total. The SMILES string of the molecule is CN(C)C(=O)CCC(=O)N[C@H]1C[C@@H](c2c(-c3ccc(F)cc3)[nH]c3c(F)cc(F)cc32)C1. The second-order valence-electron chi connectivity index (χ2n) is 8.45. The summed E-state index contributed by atoms with van der Waals surface area (Å²) >= 11 is 0. The fourth-order valence-electron chi connectivity index (χ4n) is 4.22. The molecule has 0 atom stereocenters. The number of nitrogens with zero attached hydrogens (tertiary/aromatic N) is 1. The predicted molar refractivity (Wildman–Crippen MR) is 115 cm³/mol. The average Bonchev–Trinajstić information content (AvgIpc) is 3.08. The number of rotatable bonds is 6. The molecule has 1 heterocycles. The van der Waals surface area contributed by atoms with Crippen LogP contribution >= 0.6 is 0 Å². The predicted octanol–water partition coefficient (Wildman–Crippen LogP) is 4.48. The maximum absolute atomic E-state index is 14.4. The van der Waals surface area contributed by atoms with Gasteiger partial charge in [-0.2, -0.15) is 0 Å². The number of aromatic amines is 1. The average molecular weight is 443 g/mol. The van der Waals surface area contributed by atoms with Crippen LogP contribution in [-0.4, -0.2) is 41.8 Å². The number of carbonyl (C=O) groups is 2. The van der Waals surface area contributed by atoms with Gasteiger partial charge in [-0.1, -0.05) is 0 Å². The molecule has 32 heavy (non-hydrogen) atoms. The van der Waals surface area contributed by atoms with Gasteiger partial charge >= 0.3 is 0 Å². The van der Waals surface area contributed by atoms with E-state index in [1.165, 1.54) is 23.1 Å². The van der Waals surface area contributed by atoms with Gasteiger partial charge in [0.25, 0.3) is 0 Å². The Kier molecular flexibility index (Phi) is 5.95. The van der Waals surface area contributed by atoms with Gasteiger partial charge in [-0.05, 0) is 60.2 Å². The molecule has 1 aromatic heterocycles. The Hall–Kier alpha value is -3.29. The highest BCUT2D eigenvalue weighted by atomic mass is 19.1. The van der Waals surface area contributed by atoms with Gasteiger partial charge in [0.05, 0.1) is 11.2 Å². The van der Waals surface area contributed by atoms with E-state index in [0.717, 1.165) is 11.6 Å². The maximum Gasteiger partial charge on any atom is 0.222 e. The zero-order valence-electron chi connectivity index (χ0n) is 17.8. The fourth-order valence-corrected chi connectivity index (χ4v) is 4.22. The van der Waals surface area contributed by atoms with Crippen LogP contribution in [0, 0.1) is 17.5 Å². The van der Waals surface area contributed by atoms with Crippen LogP contribution in [0.4, 0.5) is 13.2 Å². The molecule has 0 saturated heterocycles. The molecule has 1 fully saturated rings. The number of fused-ring (bicyclic) bond motifs is 1. The van der Waals surface area contributed by atoms with E-state index in [-0.39, 0.29) is 47.9 Å². The third-order valence-corrected chi connectivity index (χ3v) is 5.97. The molecule has 1 saturated carbocycles. The van der Waals surface area contributed by atoms with Gasteiger partial charge in [0.2, 0.25) is 11.8 Å². The summed E-state index contributed by atoms with van der Waals surface area (Å²) in [5.74, 6) is -2.08. The van der Waals surface area contributed by atoms with Gasteiger partial charge in [0.15, 0.2) is 0 Å². The molecule has 5 nitrogen and oxygen atoms in total. The molecule has 0 radical (unpaired) electrons. The first kappa shape index (κ1) is 21.9. The highest BCUT2D eigenvalue weighted by Crippen LogP contribution is 2.45. The minimum absolute atomic E-state index is 0.0290. The standard InChI is InChI=1S/C24H24F3N3O2/c1-30(2)21(32)8-7-20(31)28-17-9-14(10-17)22-18-11-16(26)12-19(27)24(18)29-23(22)13-3-5-15(25)6-4-13/h3-6,11-12,14,17,29H,7-10H2,1-2H3,(H,28,31)/t14-,17+. The smallest absolute Gasteiger partial charge is 0.222 e. The van der Waals surface area contributed by atoms with Crippen molar-refractivity contribution in [2.75, 3.05) is 14.1 Å². The molecule has 0 aliphatic heterocycles. The fraction of sp³-hybridized carbons (Fsp3) is 0.333. The summed E-state index contributed by atoms with van der Waals surface area (Å²) in [5.41, 5.74) is 2.26. The van der Waals surface area contributed by atoms with E-state index in [2.05, 4.69) is 10.3 Å². The summed E-state index contributed by atoms with van der Waals surface area (Å²) in [6, 6.07) is 7.88. The number of hydrogen-bond acceptors (Lipinski definition) is 2. The number of aromatic nitrogens is 1. The molecule has 2 amide bonds. The zero-order chi connectivity index (χ0) is 23.0. The van der Waals surface area contributed by atoms with E-state index in [1.807, 2.05) is 0 Å². The van der Waals surface area contributed by atoms with Crippen molar-refractivity contribution in [3.05, 3.63) is 59.4 Å². The number of halogens is 3. The summed E-state index contributed by atoms with van der Waals surface area (Å²) in [7, 11) is 3.28. The van der Waals surface area contributed by atoms with Gasteiger partial charge < -0.3 is 15.2 Å². The first-order chi connectivity index (χ1) is 15.2. The van der Waals surface area contributed by atoms with Crippen LogP contribution in [0.2, 0.25) is 0 Å². The van der Waals surface area contributed by atoms with Crippen LogP contribution in [0.25, 0.3) is 22.2 Å². The summed E-state index contributed by atoms with van der Waals surface area (Å²) in [5, 5.41) is 3.37. The van der Waals surface area contributed by atoms with E-state index >= 15 is 0 Å². The molecule has 1 aliphatic carbocycles. The minimum Gasteiger partial charge on any atom is -0.353 e. The molecule has 1 aliphatic rings.